The van der Waals surface area contributed by atoms with E-state index in [-0.39, 0.29) is 23.3 Å². The second-order valence-corrected chi connectivity index (χ2v) is 9.87. The van der Waals surface area contributed by atoms with Gasteiger partial charge in [-0.25, -0.2) is 4.79 Å². The van der Waals surface area contributed by atoms with Crippen molar-refractivity contribution in [3.05, 3.63) is 54.6 Å². The first kappa shape index (κ1) is 23.8. The molecule has 2 fully saturated rings. The van der Waals surface area contributed by atoms with E-state index < -0.39 is 6.04 Å². The molecular formula is C27H34N4O3. The summed E-state index contributed by atoms with van der Waals surface area (Å²) in [5.41, 5.74) is 1.73. The normalized spacial score (nSPS) is 18.1. The molecule has 2 aromatic rings. The van der Waals surface area contributed by atoms with Crippen molar-refractivity contribution in [3.63, 3.8) is 0 Å². The Hall–Kier alpha value is -3.35. The predicted molar refractivity (Wildman–Crippen MR) is 134 cm³/mol. The van der Waals surface area contributed by atoms with Crippen molar-refractivity contribution >= 4 is 34.3 Å². The van der Waals surface area contributed by atoms with Crippen molar-refractivity contribution in [1.82, 2.24) is 15.1 Å². The first-order valence-corrected chi connectivity index (χ1v) is 12.0. The van der Waals surface area contributed by atoms with E-state index in [0.29, 0.717) is 32.6 Å². The number of nitrogens with zero attached hydrogens (tertiary/aromatic N) is 2. The summed E-state index contributed by atoms with van der Waals surface area (Å²) in [6.45, 7) is 9.90. The number of likely N-dealkylation sites (tertiary alicyclic amines) is 2. The summed E-state index contributed by atoms with van der Waals surface area (Å²) in [6, 6.07) is 13.3. The molecule has 2 saturated heterocycles. The van der Waals surface area contributed by atoms with Crippen LogP contribution in [0.15, 0.2) is 54.6 Å². The van der Waals surface area contributed by atoms with Gasteiger partial charge in [-0.1, -0.05) is 42.0 Å². The maximum Gasteiger partial charge on any atom is 0.321 e. The predicted octanol–water partition coefficient (Wildman–Crippen LogP) is 4.16. The Balaban J connectivity index is 1.35. The van der Waals surface area contributed by atoms with Crippen molar-refractivity contribution < 1.29 is 14.4 Å². The van der Waals surface area contributed by atoms with E-state index in [1.807, 2.05) is 59.2 Å². The first-order chi connectivity index (χ1) is 16.3. The van der Waals surface area contributed by atoms with Gasteiger partial charge in [0.05, 0.1) is 5.69 Å². The zero-order chi connectivity index (χ0) is 24.3. The Morgan fingerprint density at radius 3 is 2.29 bits per heavy atom. The van der Waals surface area contributed by atoms with E-state index in [2.05, 4.69) is 17.2 Å². The van der Waals surface area contributed by atoms with Crippen molar-refractivity contribution in [2.24, 2.45) is 5.41 Å². The molecular weight excluding hydrogens is 428 g/mol. The Bertz CT molecular complexity index is 1080. The lowest BCUT2D eigenvalue weighted by Gasteiger charge is -2.39. The highest BCUT2D eigenvalue weighted by atomic mass is 16.2. The molecule has 2 aliphatic rings. The minimum Gasteiger partial charge on any atom is -0.344 e. The quantitative estimate of drug-likeness (QED) is 0.655. The summed E-state index contributed by atoms with van der Waals surface area (Å²) in [7, 11) is 0. The smallest absolute Gasteiger partial charge is 0.321 e. The molecule has 2 aliphatic heterocycles. The van der Waals surface area contributed by atoms with Crippen molar-refractivity contribution in [1.29, 1.82) is 0 Å². The average molecular weight is 463 g/mol. The van der Waals surface area contributed by atoms with Crippen LogP contribution in [0.1, 0.15) is 39.5 Å². The van der Waals surface area contributed by atoms with E-state index >= 15 is 0 Å². The molecule has 0 unspecified atom stereocenters. The minimum absolute atomic E-state index is 0.0359. The molecule has 0 aromatic heterocycles. The fraction of sp³-hybridized carbons (Fsp3) is 0.444. The van der Waals surface area contributed by atoms with Crippen LogP contribution in [-0.2, 0) is 9.59 Å². The number of benzene rings is 2. The topological polar surface area (TPSA) is 81.8 Å². The van der Waals surface area contributed by atoms with Crippen LogP contribution in [0.5, 0.6) is 0 Å². The molecule has 4 rings (SSSR count). The minimum atomic E-state index is -0.559. The second kappa shape index (κ2) is 9.87. The summed E-state index contributed by atoms with van der Waals surface area (Å²) >= 11 is 0. The van der Waals surface area contributed by atoms with E-state index in [4.69, 9.17) is 0 Å². The van der Waals surface area contributed by atoms with Crippen molar-refractivity contribution in [3.8, 4) is 0 Å². The molecule has 34 heavy (non-hydrogen) atoms. The maximum absolute atomic E-state index is 13.1. The number of hydrogen-bond acceptors (Lipinski definition) is 3. The van der Waals surface area contributed by atoms with E-state index in [1.54, 1.807) is 0 Å². The number of hydrogen-bond donors (Lipinski definition) is 2. The molecule has 0 aliphatic carbocycles. The van der Waals surface area contributed by atoms with Crippen LogP contribution in [0.4, 0.5) is 10.5 Å². The number of piperidine rings is 1. The third kappa shape index (κ3) is 5.24. The lowest BCUT2D eigenvalue weighted by Crippen LogP contribution is -2.49. The first-order valence-electron chi connectivity index (χ1n) is 12.0. The van der Waals surface area contributed by atoms with Gasteiger partial charge in [-0.15, -0.1) is 6.58 Å². The number of urea groups is 1. The van der Waals surface area contributed by atoms with Gasteiger partial charge in [-0.05, 0) is 49.5 Å². The van der Waals surface area contributed by atoms with Crippen LogP contribution in [0, 0.1) is 5.41 Å². The van der Waals surface area contributed by atoms with Gasteiger partial charge >= 0.3 is 6.03 Å². The second-order valence-electron chi connectivity index (χ2n) is 9.87. The Morgan fingerprint density at radius 1 is 0.971 bits per heavy atom. The van der Waals surface area contributed by atoms with E-state index in [0.717, 1.165) is 41.3 Å². The highest BCUT2D eigenvalue weighted by molar-refractivity contribution is 6.01. The van der Waals surface area contributed by atoms with Crippen LogP contribution >= 0.6 is 0 Å². The molecule has 0 radical (unpaired) electrons. The monoisotopic (exact) mass is 462 g/mol. The molecule has 2 aromatic carbocycles. The van der Waals surface area contributed by atoms with Crippen LogP contribution in [0.3, 0.4) is 0 Å². The molecule has 0 bridgehead atoms. The zero-order valence-electron chi connectivity index (χ0n) is 20.1. The molecule has 7 heteroatoms. The summed E-state index contributed by atoms with van der Waals surface area (Å²) in [5.74, 6) is -0.245. The van der Waals surface area contributed by atoms with Gasteiger partial charge in [0.1, 0.15) is 6.04 Å². The van der Waals surface area contributed by atoms with Gasteiger partial charge in [0.15, 0.2) is 0 Å². The molecule has 4 amide bonds. The number of rotatable bonds is 5. The average Bonchev–Trinajstić information content (AvgIpc) is 3.21. The number of amides is 4. The number of fused-ring (bicyclic) bond motifs is 1. The van der Waals surface area contributed by atoms with Crippen LogP contribution in [-0.4, -0.2) is 59.9 Å². The van der Waals surface area contributed by atoms with Gasteiger partial charge in [0.2, 0.25) is 11.8 Å². The largest absolute Gasteiger partial charge is 0.344 e. The third-order valence-electron chi connectivity index (χ3n) is 7.12. The van der Waals surface area contributed by atoms with Crippen LogP contribution < -0.4 is 10.6 Å². The van der Waals surface area contributed by atoms with Gasteiger partial charge in [0.25, 0.3) is 0 Å². The summed E-state index contributed by atoms with van der Waals surface area (Å²) in [6.07, 6.45) is 3.11. The van der Waals surface area contributed by atoms with Gasteiger partial charge in [-0.2, -0.15) is 0 Å². The standard InChI is InChI=1S/C27H34N4O3/c1-19(2)17-24(28-20(3)32)25(33)31-16-13-27(18-31)11-14-30(15-12-27)26(34)29-23-10-6-8-21-7-4-5-9-22(21)23/h4-10,24H,1,11-18H2,2-3H3,(H,28,32)(H,29,34)/t24-/m0/s1. The molecule has 2 N–H and O–H groups in total. The highest BCUT2D eigenvalue weighted by Crippen LogP contribution is 2.41. The van der Waals surface area contributed by atoms with Crippen LogP contribution in [0.2, 0.25) is 0 Å². The number of carbonyl (C=O) groups excluding carboxylic acids is 3. The van der Waals surface area contributed by atoms with Crippen molar-refractivity contribution in [2.45, 2.75) is 45.6 Å². The van der Waals surface area contributed by atoms with Gasteiger partial charge < -0.3 is 20.4 Å². The Labute approximate surface area is 201 Å². The summed E-state index contributed by atoms with van der Waals surface area (Å²) < 4.78 is 0. The van der Waals surface area contributed by atoms with Crippen molar-refractivity contribution in [2.75, 3.05) is 31.5 Å². The highest BCUT2D eigenvalue weighted by Gasteiger charge is 2.43. The lowest BCUT2D eigenvalue weighted by atomic mass is 9.78. The molecule has 180 valence electrons. The van der Waals surface area contributed by atoms with E-state index in [9.17, 15) is 14.4 Å². The fourth-order valence-corrected chi connectivity index (χ4v) is 5.26. The zero-order valence-corrected chi connectivity index (χ0v) is 20.1. The molecule has 1 spiro atoms. The third-order valence-corrected chi connectivity index (χ3v) is 7.12. The number of carbonyl (C=O) groups is 3. The maximum atomic E-state index is 13.1. The Morgan fingerprint density at radius 2 is 1.62 bits per heavy atom. The van der Waals surface area contributed by atoms with Gasteiger partial charge in [-0.3, -0.25) is 9.59 Å². The number of nitrogens with one attached hydrogen (secondary N) is 2. The summed E-state index contributed by atoms with van der Waals surface area (Å²) in [5, 5.41) is 7.99. The fourth-order valence-electron chi connectivity index (χ4n) is 5.26. The van der Waals surface area contributed by atoms with Crippen LogP contribution in [0.25, 0.3) is 10.8 Å². The Kier molecular flexibility index (Phi) is 6.91. The summed E-state index contributed by atoms with van der Waals surface area (Å²) in [4.78, 5) is 41.5. The molecule has 7 nitrogen and oxygen atoms in total. The molecule has 1 atom stereocenters. The molecule has 2 heterocycles. The van der Waals surface area contributed by atoms with E-state index in [1.165, 1.54) is 6.92 Å². The lowest BCUT2D eigenvalue weighted by molar-refractivity contribution is -0.135. The SMILES string of the molecule is C=C(C)C[C@H](NC(C)=O)C(=O)N1CCC2(CCN(C(=O)Nc3cccc4ccccc34)CC2)C1. The molecule has 0 saturated carbocycles. The van der Waals surface area contributed by atoms with Gasteiger partial charge in [0, 0.05) is 38.5 Å². The number of anilines is 1.